The third kappa shape index (κ3) is 4.90. The van der Waals surface area contributed by atoms with Crippen molar-refractivity contribution in [3.05, 3.63) is 54.1 Å². The predicted molar refractivity (Wildman–Crippen MR) is 110 cm³/mol. The molecule has 0 fully saturated rings. The lowest BCUT2D eigenvalue weighted by atomic mass is 10.0. The average Bonchev–Trinajstić information content (AvgIpc) is 3.18. The molecule has 1 heterocycles. The molecular weight excluding hydrogens is 392 g/mol. The number of rotatable bonds is 9. The molecule has 1 aliphatic rings. The van der Waals surface area contributed by atoms with Crippen LogP contribution >= 0.6 is 0 Å². The van der Waals surface area contributed by atoms with Gasteiger partial charge in [0.05, 0.1) is 17.0 Å². The number of hydrogen-bond acceptors (Lipinski definition) is 6. The van der Waals surface area contributed by atoms with E-state index in [-0.39, 0.29) is 17.7 Å². The molecule has 1 unspecified atom stereocenters. The van der Waals surface area contributed by atoms with Crippen molar-refractivity contribution in [2.75, 3.05) is 6.79 Å². The second kappa shape index (κ2) is 9.13. The Kier molecular flexibility index (Phi) is 6.79. The highest BCUT2D eigenvalue weighted by molar-refractivity contribution is 7.89. The lowest BCUT2D eigenvalue weighted by Gasteiger charge is -2.35. The number of fused-ring (bicyclic) bond motifs is 1. The Morgan fingerprint density at radius 1 is 1.10 bits per heavy atom. The van der Waals surface area contributed by atoms with E-state index in [9.17, 15) is 13.5 Å². The minimum atomic E-state index is -3.97. The summed E-state index contributed by atoms with van der Waals surface area (Å²) in [6.07, 6.45) is 0.201. The van der Waals surface area contributed by atoms with Crippen LogP contribution in [-0.4, -0.2) is 42.9 Å². The highest BCUT2D eigenvalue weighted by atomic mass is 32.2. The van der Waals surface area contributed by atoms with Crippen LogP contribution in [0, 0.1) is 0 Å². The SMILES string of the molecule is CCC(C)NN([C@@H](Cc1ccccc1)[C@@H](C)O)S(=O)(=O)c1ccc2c(c1)OCO2. The van der Waals surface area contributed by atoms with Crippen LogP contribution < -0.4 is 14.9 Å². The molecule has 158 valence electrons. The Morgan fingerprint density at radius 3 is 2.45 bits per heavy atom. The average molecular weight is 421 g/mol. The van der Waals surface area contributed by atoms with Gasteiger partial charge in [-0.25, -0.2) is 13.8 Å². The lowest BCUT2D eigenvalue weighted by molar-refractivity contribution is 0.0747. The molecule has 8 heteroatoms. The number of benzene rings is 2. The molecule has 0 aromatic heterocycles. The Bertz CT molecular complexity index is 918. The van der Waals surface area contributed by atoms with E-state index in [1.807, 2.05) is 44.2 Å². The molecule has 3 rings (SSSR count). The number of hydrazine groups is 1. The van der Waals surface area contributed by atoms with E-state index >= 15 is 0 Å². The van der Waals surface area contributed by atoms with Gasteiger partial charge in [0.25, 0.3) is 10.0 Å². The third-order valence-corrected chi connectivity index (χ3v) is 6.75. The monoisotopic (exact) mass is 420 g/mol. The molecule has 1 aliphatic heterocycles. The predicted octanol–water partition coefficient (Wildman–Crippen LogP) is 2.70. The van der Waals surface area contributed by atoms with Crippen LogP contribution in [0.3, 0.4) is 0 Å². The Hall–Kier alpha value is -2.13. The Morgan fingerprint density at radius 2 is 1.79 bits per heavy atom. The quantitative estimate of drug-likeness (QED) is 0.607. The van der Waals surface area contributed by atoms with Gasteiger partial charge >= 0.3 is 0 Å². The summed E-state index contributed by atoms with van der Waals surface area (Å²) in [5.74, 6) is 0.910. The van der Waals surface area contributed by atoms with E-state index in [2.05, 4.69) is 5.43 Å². The second-order valence-corrected chi connectivity index (χ2v) is 9.07. The molecule has 2 N–H and O–H groups in total. The van der Waals surface area contributed by atoms with Gasteiger partial charge in [-0.15, -0.1) is 4.41 Å². The number of hydrogen-bond donors (Lipinski definition) is 2. The summed E-state index contributed by atoms with van der Waals surface area (Å²) in [7, 11) is -3.97. The minimum absolute atomic E-state index is 0.0674. The smallest absolute Gasteiger partial charge is 0.256 e. The van der Waals surface area contributed by atoms with Gasteiger partial charge in [0.15, 0.2) is 11.5 Å². The molecule has 0 saturated heterocycles. The van der Waals surface area contributed by atoms with Gasteiger partial charge in [0, 0.05) is 12.1 Å². The van der Waals surface area contributed by atoms with E-state index in [1.165, 1.54) is 16.5 Å². The maximum atomic E-state index is 13.6. The first-order valence-electron chi connectivity index (χ1n) is 9.75. The number of aliphatic hydroxyl groups excluding tert-OH is 1. The summed E-state index contributed by atoms with van der Waals surface area (Å²) >= 11 is 0. The topological polar surface area (TPSA) is 88.1 Å². The van der Waals surface area contributed by atoms with Gasteiger partial charge in [-0.1, -0.05) is 37.3 Å². The maximum Gasteiger partial charge on any atom is 0.256 e. The largest absolute Gasteiger partial charge is 0.454 e. The van der Waals surface area contributed by atoms with Gasteiger partial charge in [0.1, 0.15) is 0 Å². The van der Waals surface area contributed by atoms with Crippen LogP contribution in [0.1, 0.15) is 32.8 Å². The molecule has 3 atom stereocenters. The van der Waals surface area contributed by atoms with Crippen LogP contribution in [0.15, 0.2) is 53.4 Å². The van der Waals surface area contributed by atoms with Gasteiger partial charge in [0.2, 0.25) is 6.79 Å². The lowest BCUT2D eigenvalue weighted by Crippen LogP contribution is -2.56. The summed E-state index contributed by atoms with van der Waals surface area (Å²) in [5, 5.41) is 10.5. The second-order valence-electron chi connectivity index (χ2n) is 7.25. The normalized spacial score (nSPS) is 16.6. The fourth-order valence-corrected chi connectivity index (χ4v) is 4.76. The fraction of sp³-hybridized carbons (Fsp3) is 0.429. The number of nitrogens with zero attached hydrogens (tertiary/aromatic N) is 1. The maximum absolute atomic E-state index is 13.6. The first kappa shape index (κ1) is 21.6. The minimum Gasteiger partial charge on any atom is -0.454 e. The molecular formula is C21H28N2O5S. The Balaban J connectivity index is 1.99. The van der Waals surface area contributed by atoms with Crippen LogP contribution in [0.25, 0.3) is 0 Å². The molecule has 2 aromatic carbocycles. The van der Waals surface area contributed by atoms with Gasteiger partial charge in [-0.05, 0) is 44.4 Å². The summed E-state index contributed by atoms with van der Waals surface area (Å²) in [6, 6.07) is 13.3. The molecule has 0 bridgehead atoms. The first-order valence-corrected chi connectivity index (χ1v) is 11.2. The van der Waals surface area contributed by atoms with Crippen molar-refractivity contribution in [3.63, 3.8) is 0 Å². The fourth-order valence-electron chi connectivity index (χ4n) is 3.11. The van der Waals surface area contributed by atoms with Crippen LogP contribution in [-0.2, 0) is 16.4 Å². The molecule has 0 radical (unpaired) electrons. The first-order chi connectivity index (χ1) is 13.8. The van der Waals surface area contributed by atoms with Crippen molar-refractivity contribution in [2.24, 2.45) is 0 Å². The van der Waals surface area contributed by atoms with Crippen molar-refractivity contribution in [1.82, 2.24) is 9.84 Å². The zero-order chi connectivity index (χ0) is 21.0. The van der Waals surface area contributed by atoms with E-state index in [0.29, 0.717) is 17.9 Å². The highest BCUT2D eigenvalue weighted by Gasteiger charge is 2.36. The zero-order valence-corrected chi connectivity index (χ0v) is 17.7. The molecule has 0 spiro atoms. The molecule has 0 aliphatic carbocycles. The molecule has 0 saturated carbocycles. The van der Waals surface area contributed by atoms with Crippen molar-refractivity contribution >= 4 is 10.0 Å². The summed E-state index contributed by atoms with van der Waals surface area (Å²) in [5.41, 5.74) is 4.03. The summed E-state index contributed by atoms with van der Waals surface area (Å²) in [4.78, 5) is 0.0799. The number of sulfonamides is 1. The molecule has 0 amide bonds. The van der Waals surface area contributed by atoms with Crippen LogP contribution in [0.2, 0.25) is 0 Å². The number of nitrogens with one attached hydrogen (secondary N) is 1. The van der Waals surface area contributed by atoms with Gasteiger partial charge in [-0.2, -0.15) is 0 Å². The number of aliphatic hydroxyl groups is 1. The van der Waals surface area contributed by atoms with Crippen LogP contribution in [0.5, 0.6) is 11.5 Å². The molecule has 2 aromatic rings. The summed E-state index contributed by atoms with van der Waals surface area (Å²) < 4.78 is 39.0. The van der Waals surface area contributed by atoms with Crippen molar-refractivity contribution in [1.29, 1.82) is 0 Å². The van der Waals surface area contributed by atoms with Gasteiger partial charge < -0.3 is 14.6 Å². The Labute approximate surface area is 172 Å². The van der Waals surface area contributed by atoms with E-state index in [1.54, 1.807) is 13.0 Å². The highest BCUT2D eigenvalue weighted by Crippen LogP contribution is 2.35. The number of ether oxygens (including phenoxy) is 2. The van der Waals surface area contributed by atoms with Crippen molar-refractivity contribution in [2.45, 2.75) is 56.7 Å². The van der Waals surface area contributed by atoms with Crippen molar-refractivity contribution in [3.8, 4) is 11.5 Å². The third-order valence-electron chi connectivity index (χ3n) is 5.01. The standard InChI is InChI=1S/C21H28N2O5S/c1-4-15(2)22-23(19(16(3)24)12-17-8-6-5-7-9-17)29(25,26)18-10-11-20-21(13-18)28-14-27-20/h5-11,13,15-16,19,22,24H,4,12,14H2,1-3H3/t15?,16-,19+/m1/s1. The van der Waals surface area contributed by atoms with Crippen LogP contribution in [0.4, 0.5) is 0 Å². The zero-order valence-electron chi connectivity index (χ0n) is 16.9. The van der Waals surface area contributed by atoms with Crippen molar-refractivity contribution < 1.29 is 23.0 Å². The van der Waals surface area contributed by atoms with E-state index < -0.39 is 22.2 Å². The molecule has 7 nitrogen and oxygen atoms in total. The summed E-state index contributed by atoms with van der Waals surface area (Å²) in [6.45, 7) is 5.55. The van der Waals surface area contributed by atoms with E-state index in [0.717, 1.165) is 12.0 Å². The van der Waals surface area contributed by atoms with Gasteiger partial charge in [-0.3, -0.25) is 0 Å². The molecule has 29 heavy (non-hydrogen) atoms. The van der Waals surface area contributed by atoms with E-state index in [4.69, 9.17) is 9.47 Å².